The van der Waals surface area contributed by atoms with Gasteiger partial charge in [0.15, 0.2) is 6.61 Å². The lowest BCUT2D eigenvalue weighted by Gasteiger charge is -2.17. The van der Waals surface area contributed by atoms with Crippen molar-refractivity contribution in [2.24, 2.45) is 5.92 Å². The van der Waals surface area contributed by atoms with E-state index in [0.29, 0.717) is 0 Å². The summed E-state index contributed by atoms with van der Waals surface area (Å²) >= 11 is 0. The normalized spacial score (nSPS) is 16.1. The van der Waals surface area contributed by atoms with Crippen molar-refractivity contribution in [1.29, 1.82) is 0 Å². The Hall–Kier alpha value is -3.22. The molecule has 0 bridgehead atoms. The van der Waals surface area contributed by atoms with E-state index in [1.807, 2.05) is 31.2 Å². The summed E-state index contributed by atoms with van der Waals surface area (Å²) in [4.78, 5) is 37.9. The molecule has 2 aromatic rings. The van der Waals surface area contributed by atoms with Crippen LogP contribution in [0.2, 0.25) is 0 Å². The fraction of sp³-hybridized carbons (Fsp3) is 0.286. The molecule has 28 heavy (non-hydrogen) atoms. The highest BCUT2D eigenvalue weighted by Gasteiger charge is 2.36. The Labute approximate surface area is 162 Å². The zero-order valence-electron chi connectivity index (χ0n) is 15.5. The molecule has 0 unspecified atom stereocenters. The largest absolute Gasteiger partial charge is 0.455 e. The van der Waals surface area contributed by atoms with E-state index in [-0.39, 0.29) is 24.6 Å². The van der Waals surface area contributed by atoms with Crippen LogP contribution in [0, 0.1) is 11.7 Å². The van der Waals surface area contributed by atoms with Gasteiger partial charge in [0.05, 0.1) is 11.6 Å². The Bertz CT molecular complexity index is 882. The molecule has 7 heteroatoms. The molecule has 146 valence electrons. The van der Waals surface area contributed by atoms with Crippen molar-refractivity contribution in [3.05, 3.63) is 59.9 Å². The van der Waals surface area contributed by atoms with Crippen molar-refractivity contribution in [2.45, 2.75) is 19.8 Å². The number of ether oxygens (including phenoxy) is 1. The number of amides is 2. The summed E-state index contributed by atoms with van der Waals surface area (Å²) in [6.45, 7) is 1.71. The summed E-state index contributed by atoms with van der Waals surface area (Å²) in [7, 11) is 0. The van der Waals surface area contributed by atoms with Gasteiger partial charge in [-0.1, -0.05) is 31.2 Å². The van der Waals surface area contributed by atoms with Crippen LogP contribution >= 0.6 is 0 Å². The second kappa shape index (κ2) is 8.65. The van der Waals surface area contributed by atoms with Crippen molar-refractivity contribution in [1.82, 2.24) is 0 Å². The molecule has 3 rings (SSSR count). The smallest absolute Gasteiger partial charge is 0.311 e. The molecule has 1 heterocycles. The summed E-state index contributed by atoms with van der Waals surface area (Å²) in [5.41, 5.74) is 1.91. The van der Waals surface area contributed by atoms with Gasteiger partial charge in [-0.25, -0.2) is 4.39 Å². The molecule has 6 nitrogen and oxygen atoms in total. The number of aryl methyl sites for hydroxylation is 1. The summed E-state index contributed by atoms with van der Waals surface area (Å²) in [6, 6.07) is 13.3. The first-order valence-electron chi connectivity index (χ1n) is 9.08. The van der Waals surface area contributed by atoms with Gasteiger partial charge in [0.1, 0.15) is 5.82 Å². The summed E-state index contributed by atoms with van der Waals surface area (Å²) in [6.07, 6.45) is 0.932. The van der Waals surface area contributed by atoms with Crippen LogP contribution in [0.3, 0.4) is 0 Å². The predicted octanol–water partition coefficient (Wildman–Crippen LogP) is 2.92. The lowest BCUT2D eigenvalue weighted by atomic mass is 10.1. The minimum atomic E-state index is -0.644. The van der Waals surface area contributed by atoms with E-state index in [0.717, 1.165) is 17.7 Å². The highest BCUT2D eigenvalue weighted by atomic mass is 19.1. The maximum atomic E-state index is 13.5. The van der Waals surface area contributed by atoms with Gasteiger partial charge >= 0.3 is 5.97 Å². The number of nitrogens with zero attached hydrogens (tertiary/aromatic N) is 1. The number of hydrogen-bond acceptors (Lipinski definition) is 4. The first kappa shape index (κ1) is 19.5. The average Bonchev–Trinajstić information content (AvgIpc) is 3.10. The van der Waals surface area contributed by atoms with Crippen molar-refractivity contribution in [3.63, 3.8) is 0 Å². The van der Waals surface area contributed by atoms with Crippen LogP contribution in [-0.4, -0.2) is 30.9 Å². The molecule has 1 fully saturated rings. The molecular weight excluding hydrogens is 363 g/mol. The number of carbonyl (C=O) groups is 3. The molecular formula is C21H21FN2O4. The summed E-state index contributed by atoms with van der Waals surface area (Å²) in [5, 5.41) is 2.34. The number of para-hydroxylation sites is 1. The molecule has 2 amide bonds. The van der Waals surface area contributed by atoms with Gasteiger partial charge in [0.25, 0.3) is 5.91 Å². The van der Waals surface area contributed by atoms with Crippen LogP contribution < -0.4 is 10.2 Å². The lowest BCUT2D eigenvalue weighted by molar-refractivity contribution is -0.151. The number of carbonyl (C=O) groups excluding carboxylic acids is 3. The quantitative estimate of drug-likeness (QED) is 0.777. The molecule has 2 aromatic carbocycles. The van der Waals surface area contributed by atoms with Gasteiger partial charge in [0, 0.05) is 18.7 Å². The highest BCUT2D eigenvalue weighted by molar-refractivity contribution is 6.00. The van der Waals surface area contributed by atoms with Gasteiger partial charge in [-0.15, -0.1) is 0 Å². The molecule has 0 aliphatic carbocycles. The predicted molar refractivity (Wildman–Crippen MR) is 102 cm³/mol. The third-order valence-corrected chi connectivity index (χ3v) is 4.61. The van der Waals surface area contributed by atoms with Gasteiger partial charge < -0.3 is 15.0 Å². The molecule has 0 aromatic heterocycles. The van der Waals surface area contributed by atoms with Crippen LogP contribution in [0.4, 0.5) is 15.8 Å². The maximum Gasteiger partial charge on any atom is 0.311 e. The zero-order valence-corrected chi connectivity index (χ0v) is 15.5. The SMILES string of the molecule is CCc1ccc(N2C[C@H](C(=O)OCC(=O)Nc3ccccc3F)CC2=O)cc1. The summed E-state index contributed by atoms with van der Waals surface area (Å²) < 4.78 is 18.5. The van der Waals surface area contributed by atoms with Crippen molar-refractivity contribution in [3.8, 4) is 0 Å². The van der Waals surface area contributed by atoms with Crippen LogP contribution in [0.1, 0.15) is 18.9 Å². The number of nitrogens with one attached hydrogen (secondary N) is 1. The van der Waals surface area contributed by atoms with Crippen molar-refractivity contribution < 1.29 is 23.5 Å². The molecule has 1 N–H and O–H groups in total. The van der Waals surface area contributed by atoms with E-state index < -0.39 is 30.2 Å². The number of hydrogen-bond donors (Lipinski definition) is 1. The zero-order chi connectivity index (χ0) is 20.1. The van der Waals surface area contributed by atoms with Gasteiger partial charge in [0.2, 0.25) is 5.91 Å². The van der Waals surface area contributed by atoms with E-state index in [2.05, 4.69) is 5.32 Å². The van der Waals surface area contributed by atoms with Crippen molar-refractivity contribution >= 4 is 29.2 Å². The molecule has 1 aliphatic heterocycles. The fourth-order valence-electron chi connectivity index (χ4n) is 3.03. The molecule has 1 aliphatic rings. The lowest BCUT2D eigenvalue weighted by Crippen LogP contribution is -2.28. The molecule has 0 radical (unpaired) electrons. The Morgan fingerprint density at radius 1 is 1.18 bits per heavy atom. The third kappa shape index (κ3) is 4.54. The van der Waals surface area contributed by atoms with E-state index >= 15 is 0 Å². The second-order valence-corrected chi connectivity index (χ2v) is 6.56. The van der Waals surface area contributed by atoms with Crippen LogP contribution in [0.25, 0.3) is 0 Å². The van der Waals surface area contributed by atoms with Gasteiger partial charge in [-0.2, -0.15) is 0 Å². The Balaban J connectivity index is 1.52. The average molecular weight is 384 g/mol. The number of benzene rings is 2. The van der Waals surface area contributed by atoms with Gasteiger partial charge in [-0.3, -0.25) is 14.4 Å². The van der Waals surface area contributed by atoms with E-state index in [1.165, 1.54) is 18.2 Å². The first-order chi connectivity index (χ1) is 13.5. The van der Waals surface area contributed by atoms with E-state index in [9.17, 15) is 18.8 Å². The summed E-state index contributed by atoms with van der Waals surface area (Å²) in [5.74, 6) is -2.64. The minimum absolute atomic E-state index is 0.0151. The van der Waals surface area contributed by atoms with E-state index in [4.69, 9.17) is 4.74 Å². The van der Waals surface area contributed by atoms with Crippen LogP contribution in [-0.2, 0) is 25.5 Å². The Morgan fingerprint density at radius 3 is 2.57 bits per heavy atom. The minimum Gasteiger partial charge on any atom is -0.455 e. The monoisotopic (exact) mass is 384 g/mol. The number of rotatable bonds is 6. The highest BCUT2D eigenvalue weighted by Crippen LogP contribution is 2.26. The maximum absolute atomic E-state index is 13.5. The Morgan fingerprint density at radius 2 is 1.89 bits per heavy atom. The van der Waals surface area contributed by atoms with Crippen LogP contribution in [0.5, 0.6) is 0 Å². The topological polar surface area (TPSA) is 75.7 Å². The van der Waals surface area contributed by atoms with Crippen molar-refractivity contribution in [2.75, 3.05) is 23.4 Å². The molecule has 1 saturated heterocycles. The van der Waals surface area contributed by atoms with Crippen LogP contribution in [0.15, 0.2) is 48.5 Å². The number of halogens is 1. The third-order valence-electron chi connectivity index (χ3n) is 4.61. The number of esters is 1. The molecule has 1 atom stereocenters. The fourth-order valence-corrected chi connectivity index (χ4v) is 3.03. The molecule has 0 spiro atoms. The van der Waals surface area contributed by atoms with Gasteiger partial charge in [-0.05, 0) is 36.2 Å². The second-order valence-electron chi connectivity index (χ2n) is 6.56. The molecule has 0 saturated carbocycles. The Kier molecular flexibility index (Phi) is 6.03. The number of anilines is 2. The van der Waals surface area contributed by atoms with E-state index in [1.54, 1.807) is 11.0 Å². The first-order valence-corrected chi connectivity index (χ1v) is 9.08. The standard InChI is InChI=1S/C21H21FN2O4/c1-2-14-7-9-16(10-8-14)24-12-15(11-20(24)26)21(27)28-13-19(25)23-18-6-4-3-5-17(18)22/h3-10,15H,2,11-13H2,1H3,(H,23,25)/t15-/m1/s1.